The molecule has 1 aliphatic heterocycles. The highest BCUT2D eigenvalue weighted by atomic mass is 16.5. The lowest BCUT2D eigenvalue weighted by Gasteiger charge is -2.43. The summed E-state index contributed by atoms with van der Waals surface area (Å²) in [5.41, 5.74) is 8.41. The fraction of sp³-hybridized carbons (Fsp3) is 0.464. The van der Waals surface area contributed by atoms with Crippen molar-refractivity contribution in [3.8, 4) is 5.75 Å². The molecule has 2 fully saturated rings. The number of nitrogens with two attached hydrogens (primary N) is 1. The van der Waals surface area contributed by atoms with Crippen LogP contribution in [0.2, 0.25) is 0 Å². The van der Waals surface area contributed by atoms with Crippen molar-refractivity contribution in [2.45, 2.75) is 63.7 Å². The van der Waals surface area contributed by atoms with Gasteiger partial charge in [-0.2, -0.15) is 0 Å². The number of carbonyl (C=O) groups excluding carboxylic acids is 3. The Hall–Kier alpha value is -3.39. The zero-order valence-electron chi connectivity index (χ0n) is 21.1. The van der Waals surface area contributed by atoms with Gasteiger partial charge in [0.05, 0.1) is 13.5 Å². The molecule has 3 amide bonds. The van der Waals surface area contributed by atoms with Gasteiger partial charge in [0.25, 0.3) is 11.8 Å². The lowest BCUT2D eigenvalue weighted by molar-refractivity contribution is -0.149. The second kappa shape index (κ2) is 11.6. The van der Waals surface area contributed by atoms with Crippen LogP contribution in [0.15, 0.2) is 48.5 Å². The number of hydrogen-bond donors (Lipinski definition) is 2. The molecule has 2 aliphatic rings. The predicted molar refractivity (Wildman–Crippen MR) is 137 cm³/mol. The van der Waals surface area contributed by atoms with Crippen LogP contribution in [0.1, 0.15) is 53.6 Å². The molecule has 192 valence electrons. The van der Waals surface area contributed by atoms with E-state index in [0.717, 1.165) is 36.8 Å². The molecular formula is C28H36N4O4. The van der Waals surface area contributed by atoms with Gasteiger partial charge in [-0.1, -0.05) is 29.8 Å². The van der Waals surface area contributed by atoms with E-state index in [9.17, 15) is 14.4 Å². The molecule has 3 N–H and O–H groups in total. The van der Waals surface area contributed by atoms with E-state index in [2.05, 4.69) is 5.32 Å². The van der Waals surface area contributed by atoms with E-state index in [1.165, 1.54) is 0 Å². The molecule has 1 saturated carbocycles. The molecule has 0 radical (unpaired) electrons. The SMILES string of the molecule is COc1ccc(CC(=O)N2CCCN(C(=O)c3ccc(C)cc3)C2C(=O)NC2CCC(N)CC2)cc1. The molecule has 8 nitrogen and oxygen atoms in total. The van der Waals surface area contributed by atoms with Gasteiger partial charge in [-0.3, -0.25) is 14.4 Å². The van der Waals surface area contributed by atoms with Gasteiger partial charge in [0.2, 0.25) is 5.91 Å². The minimum atomic E-state index is -0.992. The van der Waals surface area contributed by atoms with Gasteiger partial charge in [0.1, 0.15) is 5.75 Å². The van der Waals surface area contributed by atoms with Crippen LogP contribution in [0.25, 0.3) is 0 Å². The summed E-state index contributed by atoms with van der Waals surface area (Å²) in [7, 11) is 1.59. The minimum Gasteiger partial charge on any atom is -0.497 e. The van der Waals surface area contributed by atoms with Crippen LogP contribution in [0.3, 0.4) is 0 Å². The summed E-state index contributed by atoms with van der Waals surface area (Å²) in [5, 5.41) is 3.12. The maximum Gasteiger partial charge on any atom is 0.264 e. The summed E-state index contributed by atoms with van der Waals surface area (Å²) in [5.74, 6) is -0.0302. The lowest BCUT2D eigenvalue weighted by atomic mass is 9.91. The molecule has 2 aromatic rings. The summed E-state index contributed by atoms with van der Waals surface area (Å²) in [6.07, 6.45) is 3.04. The van der Waals surface area contributed by atoms with E-state index in [0.29, 0.717) is 30.8 Å². The van der Waals surface area contributed by atoms with Gasteiger partial charge in [0.15, 0.2) is 6.17 Å². The maximum absolute atomic E-state index is 13.7. The second-order valence-corrected chi connectivity index (χ2v) is 9.82. The molecule has 4 rings (SSSR count). The quantitative estimate of drug-likeness (QED) is 0.645. The molecular weight excluding hydrogens is 456 g/mol. The number of methoxy groups -OCH3 is 1. The topological polar surface area (TPSA) is 105 Å². The highest BCUT2D eigenvalue weighted by Gasteiger charge is 2.41. The number of ether oxygens (including phenoxy) is 1. The molecule has 0 bridgehead atoms. The minimum absolute atomic E-state index is 0.00547. The Morgan fingerprint density at radius 3 is 2.22 bits per heavy atom. The third-order valence-corrected chi connectivity index (χ3v) is 7.14. The van der Waals surface area contributed by atoms with E-state index in [4.69, 9.17) is 10.5 Å². The fourth-order valence-electron chi connectivity index (χ4n) is 5.00. The Balaban J connectivity index is 1.57. The number of aryl methyl sites for hydroxylation is 1. The summed E-state index contributed by atoms with van der Waals surface area (Å²) in [4.78, 5) is 43.8. The molecule has 1 unspecified atom stereocenters. The summed E-state index contributed by atoms with van der Waals surface area (Å²) >= 11 is 0. The molecule has 2 aromatic carbocycles. The van der Waals surface area contributed by atoms with E-state index in [1.54, 1.807) is 29.0 Å². The largest absolute Gasteiger partial charge is 0.497 e. The number of carbonyl (C=O) groups is 3. The van der Waals surface area contributed by atoms with E-state index < -0.39 is 6.17 Å². The van der Waals surface area contributed by atoms with E-state index >= 15 is 0 Å². The Bertz CT molecular complexity index is 1060. The van der Waals surface area contributed by atoms with Gasteiger partial charge < -0.3 is 25.6 Å². The molecule has 0 aromatic heterocycles. The summed E-state index contributed by atoms with van der Waals surface area (Å²) in [6.45, 7) is 2.79. The maximum atomic E-state index is 13.7. The first-order chi connectivity index (χ1) is 17.4. The van der Waals surface area contributed by atoms with Crippen LogP contribution in [0.5, 0.6) is 5.75 Å². The summed E-state index contributed by atoms with van der Waals surface area (Å²) in [6, 6.07) is 14.8. The van der Waals surface area contributed by atoms with Crippen molar-refractivity contribution < 1.29 is 19.1 Å². The first kappa shape index (κ1) is 25.7. The van der Waals surface area contributed by atoms with Gasteiger partial charge >= 0.3 is 0 Å². The lowest BCUT2D eigenvalue weighted by Crippen LogP contribution is -2.64. The molecule has 1 heterocycles. The zero-order valence-corrected chi connectivity index (χ0v) is 21.1. The third kappa shape index (κ3) is 6.05. The Morgan fingerprint density at radius 1 is 0.944 bits per heavy atom. The van der Waals surface area contributed by atoms with Gasteiger partial charge in [0, 0.05) is 30.7 Å². The van der Waals surface area contributed by atoms with Crippen LogP contribution in [-0.4, -0.2) is 66.0 Å². The fourth-order valence-corrected chi connectivity index (χ4v) is 5.00. The average Bonchev–Trinajstić information content (AvgIpc) is 2.90. The predicted octanol–water partition coefficient (Wildman–Crippen LogP) is 2.63. The van der Waals surface area contributed by atoms with Crippen molar-refractivity contribution >= 4 is 17.7 Å². The van der Waals surface area contributed by atoms with Gasteiger partial charge in [-0.25, -0.2) is 0 Å². The number of rotatable bonds is 6. The van der Waals surface area contributed by atoms with E-state index in [-0.39, 0.29) is 36.2 Å². The number of nitrogens with one attached hydrogen (secondary N) is 1. The Labute approximate surface area is 212 Å². The number of hydrogen-bond acceptors (Lipinski definition) is 5. The van der Waals surface area contributed by atoms with Crippen molar-refractivity contribution in [2.24, 2.45) is 5.73 Å². The number of nitrogens with zero attached hydrogens (tertiary/aromatic N) is 2. The molecule has 36 heavy (non-hydrogen) atoms. The molecule has 0 spiro atoms. The third-order valence-electron chi connectivity index (χ3n) is 7.14. The van der Waals surface area contributed by atoms with Crippen molar-refractivity contribution in [2.75, 3.05) is 20.2 Å². The zero-order chi connectivity index (χ0) is 25.7. The van der Waals surface area contributed by atoms with Gasteiger partial charge in [-0.15, -0.1) is 0 Å². The first-order valence-corrected chi connectivity index (χ1v) is 12.7. The number of amides is 3. The van der Waals surface area contributed by atoms with Crippen molar-refractivity contribution in [1.82, 2.24) is 15.1 Å². The van der Waals surface area contributed by atoms with Crippen molar-refractivity contribution in [3.63, 3.8) is 0 Å². The highest BCUT2D eigenvalue weighted by molar-refractivity contribution is 5.99. The van der Waals surface area contributed by atoms with Crippen LogP contribution < -0.4 is 15.8 Å². The van der Waals surface area contributed by atoms with Crippen LogP contribution in [0.4, 0.5) is 0 Å². The molecule has 1 atom stereocenters. The highest BCUT2D eigenvalue weighted by Crippen LogP contribution is 2.23. The molecule has 1 saturated heterocycles. The monoisotopic (exact) mass is 492 g/mol. The van der Waals surface area contributed by atoms with Crippen LogP contribution >= 0.6 is 0 Å². The number of benzene rings is 2. The normalized spacial score (nSPS) is 22.1. The molecule has 8 heteroatoms. The van der Waals surface area contributed by atoms with Crippen molar-refractivity contribution in [1.29, 1.82) is 0 Å². The second-order valence-electron chi connectivity index (χ2n) is 9.82. The average molecular weight is 493 g/mol. The standard InChI is InChI=1S/C28H36N4O4/c1-19-4-8-21(9-5-19)28(35)32-17-3-16-31(25(33)18-20-6-14-24(36-2)15-7-20)27(32)26(34)30-23-12-10-22(29)11-13-23/h4-9,14-15,22-23,27H,3,10-13,16-18,29H2,1-2H3,(H,30,34). The summed E-state index contributed by atoms with van der Waals surface area (Å²) < 4.78 is 5.21. The Morgan fingerprint density at radius 2 is 1.58 bits per heavy atom. The smallest absolute Gasteiger partial charge is 0.264 e. The van der Waals surface area contributed by atoms with Crippen molar-refractivity contribution in [3.05, 3.63) is 65.2 Å². The Kier molecular flexibility index (Phi) is 8.25. The van der Waals surface area contributed by atoms with E-state index in [1.807, 2.05) is 43.3 Å². The first-order valence-electron chi connectivity index (χ1n) is 12.7. The molecule has 1 aliphatic carbocycles. The van der Waals surface area contributed by atoms with Crippen LogP contribution in [-0.2, 0) is 16.0 Å². The van der Waals surface area contributed by atoms with Gasteiger partial charge in [-0.05, 0) is 68.9 Å². The van der Waals surface area contributed by atoms with Crippen LogP contribution in [0, 0.1) is 6.92 Å².